The number of benzene rings is 2. The molecule has 0 bridgehead atoms. The summed E-state index contributed by atoms with van der Waals surface area (Å²) in [5.41, 5.74) is 0.413. The summed E-state index contributed by atoms with van der Waals surface area (Å²) in [5.74, 6) is 0.613. The number of phenols is 1. The Kier molecular flexibility index (Phi) is 5.23. The first-order valence-corrected chi connectivity index (χ1v) is 8.46. The fourth-order valence-corrected chi connectivity index (χ4v) is 2.58. The highest BCUT2D eigenvalue weighted by Crippen LogP contribution is 2.17. The maximum Gasteiger partial charge on any atom is 0.276 e. The maximum atomic E-state index is 12.1. The van der Waals surface area contributed by atoms with E-state index in [9.17, 15) is 13.5 Å². The maximum absolute atomic E-state index is 12.1. The Hall–Kier alpha value is -2.54. The number of nitrogens with zero attached hydrogens (tertiary/aromatic N) is 1. The average Bonchev–Trinajstić information content (AvgIpc) is 2.49. The first-order valence-electron chi connectivity index (χ1n) is 6.98. The van der Waals surface area contributed by atoms with Crippen molar-refractivity contribution < 1.29 is 18.3 Å². The number of phenolic OH excluding ortho intramolecular Hbond substituents is 1. The lowest BCUT2D eigenvalue weighted by molar-refractivity contribution is 0.242. The number of hydrogen-bond acceptors (Lipinski definition) is 5. The van der Waals surface area contributed by atoms with E-state index in [1.807, 2.05) is 13.8 Å². The fourth-order valence-electron chi connectivity index (χ4n) is 1.78. The number of nitrogens with one attached hydrogen (secondary N) is 1. The standard InChI is InChI=1S/C16H18N2O4S/c1-12(2)22-14-7-9-15(10-8-14)23(20,21)18-17-11-13-5-3-4-6-16(13)19/h3-12,18-19H,1-2H3/b17-11+. The van der Waals surface area contributed by atoms with E-state index in [0.29, 0.717) is 11.3 Å². The van der Waals surface area contributed by atoms with Crippen molar-refractivity contribution in [2.75, 3.05) is 0 Å². The van der Waals surface area contributed by atoms with Gasteiger partial charge >= 0.3 is 0 Å². The lowest BCUT2D eigenvalue weighted by atomic mass is 10.2. The fraction of sp³-hybridized carbons (Fsp3) is 0.188. The van der Waals surface area contributed by atoms with E-state index in [2.05, 4.69) is 9.93 Å². The van der Waals surface area contributed by atoms with Gasteiger partial charge in [-0.25, -0.2) is 4.83 Å². The van der Waals surface area contributed by atoms with E-state index in [1.165, 1.54) is 24.4 Å². The van der Waals surface area contributed by atoms with E-state index >= 15 is 0 Å². The molecule has 0 aliphatic heterocycles. The summed E-state index contributed by atoms with van der Waals surface area (Å²) in [6.45, 7) is 3.78. The number of sulfonamides is 1. The van der Waals surface area contributed by atoms with Crippen LogP contribution in [0.25, 0.3) is 0 Å². The SMILES string of the molecule is CC(C)Oc1ccc(S(=O)(=O)N/N=C/c2ccccc2O)cc1. The first-order chi connectivity index (χ1) is 10.9. The zero-order valence-electron chi connectivity index (χ0n) is 12.8. The van der Waals surface area contributed by atoms with E-state index in [1.54, 1.807) is 30.3 Å². The van der Waals surface area contributed by atoms with Crippen LogP contribution in [0.2, 0.25) is 0 Å². The molecule has 0 spiro atoms. The van der Waals surface area contributed by atoms with Crippen LogP contribution in [0.3, 0.4) is 0 Å². The van der Waals surface area contributed by atoms with E-state index in [4.69, 9.17) is 4.74 Å². The second kappa shape index (κ2) is 7.15. The van der Waals surface area contributed by atoms with Crippen LogP contribution in [0.15, 0.2) is 58.5 Å². The molecule has 2 rings (SSSR count). The zero-order chi connectivity index (χ0) is 16.9. The number of hydrazone groups is 1. The third-order valence-electron chi connectivity index (χ3n) is 2.82. The molecule has 2 N–H and O–H groups in total. The minimum absolute atomic E-state index is 0.0127. The van der Waals surface area contributed by atoms with Crippen LogP contribution >= 0.6 is 0 Å². The average molecular weight is 334 g/mol. The van der Waals surface area contributed by atoms with Crippen molar-refractivity contribution in [1.82, 2.24) is 4.83 Å². The Morgan fingerprint density at radius 3 is 2.39 bits per heavy atom. The Labute approximate surface area is 135 Å². The molecule has 0 aromatic heterocycles. The Morgan fingerprint density at radius 1 is 1.13 bits per heavy atom. The Bertz CT molecular complexity index is 784. The highest BCUT2D eigenvalue weighted by molar-refractivity contribution is 7.89. The molecule has 7 heteroatoms. The molecule has 0 saturated heterocycles. The van der Waals surface area contributed by atoms with Crippen LogP contribution in [0.1, 0.15) is 19.4 Å². The zero-order valence-corrected chi connectivity index (χ0v) is 13.6. The van der Waals surface area contributed by atoms with Gasteiger partial charge in [0.1, 0.15) is 11.5 Å². The predicted octanol–water partition coefficient (Wildman–Crippen LogP) is 2.49. The molecule has 23 heavy (non-hydrogen) atoms. The smallest absolute Gasteiger partial charge is 0.276 e. The first kappa shape index (κ1) is 16.8. The van der Waals surface area contributed by atoms with Gasteiger partial charge in [-0.05, 0) is 50.2 Å². The molecular formula is C16H18N2O4S. The van der Waals surface area contributed by atoms with Gasteiger partial charge in [-0.2, -0.15) is 13.5 Å². The van der Waals surface area contributed by atoms with E-state index in [0.717, 1.165) is 0 Å². The highest BCUT2D eigenvalue weighted by atomic mass is 32.2. The highest BCUT2D eigenvalue weighted by Gasteiger charge is 2.12. The monoisotopic (exact) mass is 334 g/mol. The summed E-state index contributed by atoms with van der Waals surface area (Å²) in [4.78, 5) is 2.17. The van der Waals surface area contributed by atoms with E-state index < -0.39 is 10.0 Å². The molecular weight excluding hydrogens is 316 g/mol. The van der Waals surface area contributed by atoms with Crippen LogP contribution in [0.5, 0.6) is 11.5 Å². The molecule has 0 radical (unpaired) electrons. The van der Waals surface area contributed by atoms with Gasteiger partial charge in [-0.1, -0.05) is 12.1 Å². The number of para-hydroxylation sites is 1. The van der Waals surface area contributed by atoms with Crippen molar-refractivity contribution >= 4 is 16.2 Å². The molecule has 0 unspecified atom stereocenters. The number of aromatic hydroxyl groups is 1. The minimum atomic E-state index is -3.77. The normalized spacial score (nSPS) is 11.8. The molecule has 0 aliphatic carbocycles. The molecule has 0 atom stereocenters. The molecule has 2 aromatic rings. The van der Waals surface area contributed by atoms with Gasteiger partial charge < -0.3 is 9.84 Å². The quantitative estimate of drug-likeness (QED) is 0.627. The van der Waals surface area contributed by atoms with Gasteiger partial charge in [0.2, 0.25) is 0 Å². The topological polar surface area (TPSA) is 88.0 Å². The molecule has 0 amide bonds. The van der Waals surface area contributed by atoms with Crippen LogP contribution in [0, 0.1) is 0 Å². The predicted molar refractivity (Wildman–Crippen MR) is 88.2 cm³/mol. The van der Waals surface area contributed by atoms with Gasteiger partial charge in [-0.15, -0.1) is 0 Å². The lowest BCUT2D eigenvalue weighted by Gasteiger charge is -2.10. The molecule has 0 saturated carbocycles. The lowest BCUT2D eigenvalue weighted by Crippen LogP contribution is -2.18. The van der Waals surface area contributed by atoms with Crippen LogP contribution < -0.4 is 9.57 Å². The third kappa shape index (κ3) is 4.72. The van der Waals surface area contributed by atoms with Crippen LogP contribution in [-0.4, -0.2) is 25.8 Å². The summed E-state index contributed by atoms with van der Waals surface area (Å²) in [6, 6.07) is 12.5. The molecule has 0 aliphatic rings. The van der Waals surface area contributed by atoms with Gasteiger partial charge in [0.05, 0.1) is 17.2 Å². The van der Waals surface area contributed by atoms with Gasteiger partial charge in [0.25, 0.3) is 10.0 Å². The number of ether oxygens (including phenoxy) is 1. The molecule has 6 nitrogen and oxygen atoms in total. The second-order valence-corrected chi connectivity index (χ2v) is 6.71. The van der Waals surface area contributed by atoms with Crippen LogP contribution in [0.4, 0.5) is 0 Å². The van der Waals surface area contributed by atoms with Crippen molar-refractivity contribution in [2.45, 2.75) is 24.8 Å². The van der Waals surface area contributed by atoms with Gasteiger partial charge in [0, 0.05) is 5.56 Å². The number of hydrogen-bond donors (Lipinski definition) is 2. The Balaban J connectivity index is 2.08. The summed E-state index contributed by atoms with van der Waals surface area (Å²) in [7, 11) is -3.77. The molecule has 0 heterocycles. The van der Waals surface area contributed by atoms with Crippen molar-refractivity contribution in [3.05, 3.63) is 54.1 Å². The third-order valence-corrected chi connectivity index (χ3v) is 4.06. The van der Waals surface area contributed by atoms with Crippen molar-refractivity contribution in [1.29, 1.82) is 0 Å². The minimum Gasteiger partial charge on any atom is -0.507 e. The number of rotatable bonds is 6. The second-order valence-electron chi connectivity index (χ2n) is 5.05. The molecule has 0 fully saturated rings. The summed E-state index contributed by atoms with van der Waals surface area (Å²) >= 11 is 0. The largest absolute Gasteiger partial charge is 0.507 e. The summed E-state index contributed by atoms with van der Waals surface area (Å²) in [5, 5.41) is 13.2. The molecule has 122 valence electrons. The summed E-state index contributed by atoms with van der Waals surface area (Å²) in [6.07, 6.45) is 1.25. The van der Waals surface area contributed by atoms with Gasteiger partial charge in [-0.3, -0.25) is 0 Å². The van der Waals surface area contributed by atoms with Crippen molar-refractivity contribution in [3.8, 4) is 11.5 Å². The Morgan fingerprint density at radius 2 is 1.78 bits per heavy atom. The molecule has 2 aromatic carbocycles. The summed E-state index contributed by atoms with van der Waals surface area (Å²) < 4.78 is 29.7. The van der Waals surface area contributed by atoms with Crippen LogP contribution in [-0.2, 0) is 10.0 Å². The van der Waals surface area contributed by atoms with Gasteiger partial charge in [0.15, 0.2) is 0 Å². The van der Waals surface area contributed by atoms with Crippen molar-refractivity contribution in [3.63, 3.8) is 0 Å². The van der Waals surface area contributed by atoms with E-state index in [-0.39, 0.29) is 16.7 Å². The van der Waals surface area contributed by atoms with Crippen molar-refractivity contribution in [2.24, 2.45) is 5.10 Å².